The molecule has 1 aromatic rings. The molecule has 0 fully saturated rings. The van der Waals surface area contributed by atoms with Gasteiger partial charge in [-0.15, -0.1) is 0 Å². The molecule has 2 heteroatoms. The Kier molecular flexibility index (Phi) is 2.49. The molecular weight excluding hydrogens is 273 g/mol. The van der Waals surface area contributed by atoms with Crippen LogP contribution in [0.5, 0.6) is 0 Å². The lowest BCUT2D eigenvalue weighted by atomic mass is 9.96. The summed E-state index contributed by atoms with van der Waals surface area (Å²) < 4.78 is 1.35. The second kappa shape index (κ2) is 3.48. The van der Waals surface area contributed by atoms with Gasteiger partial charge in [0.15, 0.2) is 0 Å². The van der Waals surface area contributed by atoms with Crippen LogP contribution in [-0.4, -0.2) is 6.04 Å². The van der Waals surface area contributed by atoms with Crippen molar-refractivity contribution in [3.05, 3.63) is 26.8 Å². The SMILES string of the molecule is Cc1cc(I)cc2c1N[C@H](C)CC2. The number of fused-ring (bicyclic) bond motifs is 1. The lowest BCUT2D eigenvalue weighted by Gasteiger charge is -2.26. The van der Waals surface area contributed by atoms with Gasteiger partial charge >= 0.3 is 0 Å². The fraction of sp³-hybridized carbons (Fsp3) is 0.455. The van der Waals surface area contributed by atoms with Crippen molar-refractivity contribution < 1.29 is 0 Å². The highest BCUT2D eigenvalue weighted by Crippen LogP contribution is 2.29. The number of aryl methyl sites for hydroxylation is 2. The molecule has 1 aromatic carbocycles. The van der Waals surface area contributed by atoms with Gasteiger partial charge in [-0.05, 0) is 72.5 Å². The normalized spacial score (nSPS) is 20.7. The molecule has 1 aliphatic heterocycles. The van der Waals surface area contributed by atoms with Crippen LogP contribution in [0.15, 0.2) is 12.1 Å². The Hall–Kier alpha value is -0.250. The van der Waals surface area contributed by atoms with Gasteiger partial charge in [-0.2, -0.15) is 0 Å². The first kappa shape index (κ1) is 9.31. The molecule has 1 heterocycles. The number of hydrogen-bond donors (Lipinski definition) is 1. The van der Waals surface area contributed by atoms with Crippen molar-refractivity contribution in [1.29, 1.82) is 0 Å². The van der Waals surface area contributed by atoms with Crippen molar-refractivity contribution in [3.8, 4) is 0 Å². The summed E-state index contributed by atoms with van der Waals surface area (Å²) >= 11 is 2.39. The molecule has 1 N–H and O–H groups in total. The summed E-state index contributed by atoms with van der Waals surface area (Å²) in [5, 5.41) is 3.55. The van der Waals surface area contributed by atoms with Crippen LogP contribution in [0.3, 0.4) is 0 Å². The fourth-order valence-electron chi connectivity index (χ4n) is 1.91. The first-order chi connectivity index (χ1) is 6.16. The van der Waals surface area contributed by atoms with E-state index in [1.54, 1.807) is 0 Å². The Balaban J connectivity index is 2.47. The summed E-state index contributed by atoms with van der Waals surface area (Å²) in [5.41, 5.74) is 4.25. The molecule has 13 heavy (non-hydrogen) atoms. The molecular formula is C11H14IN. The molecule has 0 spiro atoms. The molecule has 1 aliphatic rings. The van der Waals surface area contributed by atoms with Gasteiger partial charge in [-0.1, -0.05) is 0 Å². The predicted molar refractivity (Wildman–Crippen MR) is 65.3 cm³/mol. The van der Waals surface area contributed by atoms with E-state index in [9.17, 15) is 0 Å². The van der Waals surface area contributed by atoms with E-state index >= 15 is 0 Å². The number of nitrogens with one attached hydrogen (secondary N) is 1. The van der Waals surface area contributed by atoms with Crippen molar-refractivity contribution in [3.63, 3.8) is 0 Å². The van der Waals surface area contributed by atoms with Gasteiger partial charge in [0.05, 0.1) is 0 Å². The van der Waals surface area contributed by atoms with Crippen molar-refractivity contribution in [2.45, 2.75) is 32.7 Å². The minimum absolute atomic E-state index is 0.631. The van der Waals surface area contributed by atoms with E-state index in [0.717, 1.165) is 0 Å². The summed E-state index contributed by atoms with van der Waals surface area (Å²) in [7, 11) is 0. The summed E-state index contributed by atoms with van der Waals surface area (Å²) in [6.45, 7) is 4.44. The van der Waals surface area contributed by atoms with Crippen molar-refractivity contribution in [1.82, 2.24) is 0 Å². The third kappa shape index (κ3) is 1.82. The standard InChI is InChI=1S/C11H14IN/c1-7-5-10(12)6-9-4-3-8(2)13-11(7)9/h5-6,8,13H,3-4H2,1-2H3/t8-/m1/s1. The lowest BCUT2D eigenvalue weighted by molar-refractivity contribution is 0.679. The molecule has 0 saturated heterocycles. The highest BCUT2D eigenvalue weighted by Gasteiger charge is 2.15. The van der Waals surface area contributed by atoms with Crippen molar-refractivity contribution in [2.75, 3.05) is 5.32 Å². The molecule has 0 unspecified atom stereocenters. The Labute approximate surface area is 93.1 Å². The van der Waals surface area contributed by atoms with E-state index in [0.29, 0.717) is 6.04 Å². The maximum absolute atomic E-state index is 3.55. The minimum Gasteiger partial charge on any atom is -0.382 e. The van der Waals surface area contributed by atoms with Gasteiger partial charge in [0, 0.05) is 15.3 Å². The largest absolute Gasteiger partial charge is 0.382 e. The maximum atomic E-state index is 3.55. The summed E-state index contributed by atoms with van der Waals surface area (Å²) in [6, 6.07) is 5.16. The van der Waals surface area contributed by atoms with E-state index in [2.05, 4.69) is 53.9 Å². The Morgan fingerprint density at radius 2 is 2.23 bits per heavy atom. The quantitative estimate of drug-likeness (QED) is 0.722. The average Bonchev–Trinajstić information content (AvgIpc) is 2.06. The van der Waals surface area contributed by atoms with Gasteiger partial charge in [0.25, 0.3) is 0 Å². The highest BCUT2D eigenvalue weighted by atomic mass is 127. The van der Waals surface area contributed by atoms with E-state index in [1.165, 1.54) is 33.2 Å². The van der Waals surface area contributed by atoms with E-state index in [-0.39, 0.29) is 0 Å². The Morgan fingerprint density at radius 3 is 3.00 bits per heavy atom. The van der Waals surface area contributed by atoms with Gasteiger partial charge in [-0.3, -0.25) is 0 Å². The topological polar surface area (TPSA) is 12.0 Å². The predicted octanol–water partition coefficient (Wildman–Crippen LogP) is 3.35. The molecule has 1 atom stereocenters. The van der Waals surface area contributed by atoms with E-state index in [1.807, 2.05) is 0 Å². The molecule has 0 radical (unpaired) electrons. The molecule has 0 aliphatic carbocycles. The third-order valence-electron chi connectivity index (χ3n) is 2.62. The lowest BCUT2D eigenvalue weighted by Crippen LogP contribution is -2.22. The average molecular weight is 287 g/mol. The van der Waals surface area contributed by atoms with Crippen LogP contribution in [0.2, 0.25) is 0 Å². The third-order valence-corrected chi connectivity index (χ3v) is 3.24. The molecule has 0 amide bonds. The Bertz CT molecular complexity index is 333. The van der Waals surface area contributed by atoms with Crippen LogP contribution in [0, 0.1) is 10.5 Å². The number of benzene rings is 1. The smallest absolute Gasteiger partial charge is 0.0405 e. The van der Waals surface area contributed by atoms with Crippen molar-refractivity contribution in [2.24, 2.45) is 0 Å². The number of rotatable bonds is 0. The Morgan fingerprint density at radius 1 is 1.46 bits per heavy atom. The summed E-state index contributed by atoms with van der Waals surface area (Å²) in [6.07, 6.45) is 2.48. The zero-order valence-electron chi connectivity index (χ0n) is 8.02. The van der Waals surface area contributed by atoms with Crippen LogP contribution in [-0.2, 0) is 6.42 Å². The van der Waals surface area contributed by atoms with Crippen molar-refractivity contribution >= 4 is 28.3 Å². The molecule has 1 nitrogen and oxygen atoms in total. The molecule has 0 bridgehead atoms. The van der Waals surface area contributed by atoms with Crippen LogP contribution >= 0.6 is 22.6 Å². The molecule has 0 saturated carbocycles. The molecule has 70 valence electrons. The second-order valence-electron chi connectivity index (χ2n) is 3.84. The van der Waals surface area contributed by atoms with Crippen LogP contribution < -0.4 is 5.32 Å². The maximum Gasteiger partial charge on any atom is 0.0405 e. The zero-order chi connectivity index (χ0) is 9.42. The monoisotopic (exact) mass is 287 g/mol. The van der Waals surface area contributed by atoms with E-state index < -0.39 is 0 Å². The molecule has 2 rings (SSSR count). The zero-order valence-corrected chi connectivity index (χ0v) is 10.2. The van der Waals surface area contributed by atoms with Gasteiger partial charge in [-0.25, -0.2) is 0 Å². The minimum atomic E-state index is 0.631. The number of halogens is 1. The van der Waals surface area contributed by atoms with Crippen LogP contribution in [0.4, 0.5) is 5.69 Å². The van der Waals surface area contributed by atoms with Gasteiger partial charge in [0.2, 0.25) is 0 Å². The number of hydrogen-bond acceptors (Lipinski definition) is 1. The van der Waals surface area contributed by atoms with E-state index in [4.69, 9.17) is 0 Å². The van der Waals surface area contributed by atoms with Crippen LogP contribution in [0.25, 0.3) is 0 Å². The summed E-state index contributed by atoms with van der Waals surface area (Å²) in [5.74, 6) is 0. The van der Waals surface area contributed by atoms with Gasteiger partial charge < -0.3 is 5.32 Å². The number of anilines is 1. The molecule has 0 aromatic heterocycles. The van der Waals surface area contributed by atoms with Gasteiger partial charge in [0.1, 0.15) is 0 Å². The second-order valence-corrected chi connectivity index (χ2v) is 5.09. The summed E-state index contributed by atoms with van der Waals surface area (Å²) in [4.78, 5) is 0. The van der Waals surface area contributed by atoms with Crippen LogP contribution in [0.1, 0.15) is 24.5 Å². The first-order valence-electron chi connectivity index (χ1n) is 4.72. The highest BCUT2D eigenvalue weighted by molar-refractivity contribution is 14.1. The first-order valence-corrected chi connectivity index (χ1v) is 5.80. The fourth-order valence-corrected chi connectivity index (χ4v) is 2.75.